The predicted octanol–water partition coefficient (Wildman–Crippen LogP) is 2.99. The Morgan fingerprint density at radius 3 is 2.72 bits per heavy atom. The zero-order chi connectivity index (χ0) is 13.1. The summed E-state index contributed by atoms with van der Waals surface area (Å²) >= 11 is 3.29. The molecule has 2 rings (SSSR count). The lowest BCUT2D eigenvalue weighted by molar-refractivity contribution is 0.102. The fourth-order valence-electron chi connectivity index (χ4n) is 1.41. The molecule has 18 heavy (non-hydrogen) atoms. The van der Waals surface area contributed by atoms with E-state index in [1.54, 1.807) is 24.4 Å². The SMILES string of the molecule is Cc1ccc(NC(=O)c2ccc(N)c(Br)c2)cn1. The van der Waals surface area contributed by atoms with Crippen LogP contribution in [0.4, 0.5) is 11.4 Å². The van der Waals surface area contributed by atoms with E-state index in [1.165, 1.54) is 0 Å². The molecule has 0 aliphatic rings. The topological polar surface area (TPSA) is 68.0 Å². The lowest BCUT2D eigenvalue weighted by Crippen LogP contribution is -2.12. The van der Waals surface area contributed by atoms with Crippen molar-refractivity contribution < 1.29 is 4.79 Å². The van der Waals surface area contributed by atoms with Crippen LogP contribution in [0.5, 0.6) is 0 Å². The predicted molar refractivity (Wildman–Crippen MR) is 75.5 cm³/mol. The van der Waals surface area contributed by atoms with Gasteiger partial charge in [-0.2, -0.15) is 0 Å². The number of pyridine rings is 1. The van der Waals surface area contributed by atoms with Gasteiger partial charge >= 0.3 is 0 Å². The summed E-state index contributed by atoms with van der Waals surface area (Å²) < 4.78 is 0.706. The van der Waals surface area contributed by atoms with Gasteiger partial charge in [-0.3, -0.25) is 9.78 Å². The normalized spacial score (nSPS) is 10.1. The van der Waals surface area contributed by atoms with Gasteiger partial charge in [-0.25, -0.2) is 0 Å². The van der Waals surface area contributed by atoms with Gasteiger partial charge < -0.3 is 11.1 Å². The second kappa shape index (κ2) is 5.18. The average Bonchev–Trinajstić information content (AvgIpc) is 2.35. The highest BCUT2D eigenvalue weighted by atomic mass is 79.9. The number of hydrogen-bond donors (Lipinski definition) is 2. The molecular formula is C13H12BrN3O. The van der Waals surface area contributed by atoms with E-state index < -0.39 is 0 Å². The summed E-state index contributed by atoms with van der Waals surface area (Å²) in [5.74, 6) is -0.193. The average molecular weight is 306 g/mol. The zero-order valence-electron chi connectivity index (χ0n) is 9.77. The van der Waals surface area contributed by atoms with Crippen LogP contribution in [0.1, 0.15) is 16.1 Å². The summed E-state index contributed by atoms with van der Waals surface area (Å²) in [4.78, 5) is 16.1. The maximum Gasteiger partial charge on any atom is 0.255 e. The molecule has 0 bridgehead atoms. The Hall–Kier alpha value is -1.88. The van der Waals surface area contributed by atoms with Crippen LogP contribution in [-0.2, 0) is 0 Å². The fraction of sp³-hybridized carbons (Fsp3) is 0.0769. The van der Waals surface area contributed by atoms with Crippen molar-refractivity contribution >= 4 is 33.2 Å². The molecule has 5 heteroatoms. The standard InChI is InChI=1S/C13H12BrN3O/c1-8-2-4-10(7-16-8)17-13(18)9-3-5-12(15)11(14)6-9/h2-7H,15H2,1H3,(H,17,18). The molecule has 1 aromatic heterocycles. The molecule has 0 spiro atoms. The molecule has 1 amide bonds. The van der Waals surface area contributed by atoms with Gasteiger partial charge in [0, 0.05) is 21.4 Å². The molecule has 0 radical (unpaired) electrons. The van der Waals surface area contributed by atoms with E-state index >= 15 is 0 Å². The number of aryl methyl sites for hydroxylation is 1. The van der Waals surface area contributed by atoms with Crippen molar-refractivity contribution in [3.05, 3.63) is 52.3 Å². The van der Waals surface area contributed by atoms with E-state index in [0.717, 1.165) is 5.69 Å². The number of amides is 1. The van der Waals surface area contributed by atoms with Gasteiger partial charge in [-0.15, -0.1) is 0 Å². The number of nitrogens with zero attached hydrogens (tertiary/aromatic N) is 1. The number of carbonyl (C=O) groups is 1. The van der Waals surface area contributed by atoms with E-state index in [9.17, 15) is 4.79 Å². The van der Waals surface area contributed by atoms with Crippen LogP contribution in [0.25, 0.3) is 0 Å². The summed E-state index contributed by atoms with van der Waals surface area (Å²) in [6.07, 6.45) is 1.62. The Morgan fingerprint density at radius 1 is 1.33 bits per heavy atom. The number of carbonyl (C=O) groups excluding carboxylic acids is 1. The quantitative estimate of drug-likeness (QED) is 0.838. The van der Waals surface area contributed by atoms with Gasteiger partial charge in [0.25, 0.3) is 5.91 Å². The first kappa shape index (κ1) is 12.6. The number of anilines is 2. The third-order valence-electron chi connectivity index (χ3n) is 2.43. The molecular weight excluding hydrogens is 294 g/mol. The highest BCUT2D eigenvalue weighted by Crippen LogP contribution is 2.21. The van der Waals surface area contributed by atoms with Gasteiger partial charge in [0.2, 0.25) is 0 Å². The van der Waals surface area contributed by atoms with E-state index in [1.807, 2.05) is 19.1 Å². The molecule has 1 aromatic carbocycles. The van der Waals surface area contributed by atoms with Gasteiger partial charge in [-0.05, 0) is 53.2 Å². The zero-order valence-corrected chi connectivity index (χ0v) is 11.4. The third-order valence-corrected chi connectivity index (χ3v) is 3.12. The Morgan fingerprint density at radius 2 is 2.11 bits per heavy atom. The number of rotatable bonds is 2. The Bertz CT molecular complexity index is 581. The van der Waals surface area contributed by atoms with E-state index in [-0.39, 0.29) is 5.91 Å². The monoisotopic (exact) mass is 305 g/mol. The lowest BCUT2D eigenvalue weighted by atomic mass is 10.2. The minimum absolute atomic E-state index is 0.193. The number of nitrogens with one attached hydrogen (secondary N) is 1. The van der Waals surface area contributed by atoms with Crippen molar-refractivity contribution in [2.45, 2.75) is 6.92 Å². The summed E-state index contributed by atoms with van der Waals surface area (Å²) in [5.41, 5.74) is 8.38. The second-order valence-electron chi connectivity index (χ2n) is 3.88. The Labute approximate surface area is 113 Å². The molecule has 0 saturated heterocycles. The van der Waals surface area contributed by atoms with Crippen LogP contribution in [0.15, 0.2) is 41.0 Å². The molecule has 0 unspecified atom stereocenters. The highest BCUT2D eigenvalue weighted by Gasteiger charge is 2.07. The van der Waals surface area contributed by atoms with Crippen LogP contribution in [-0.4, -0.2) is 10.9 Å². The van der Waals surface area contributed by atoms with Crippen molar-refractivity contribution in [1.82, 2.24) is 4.98 Å². The molecule has 3 N–H and O–H groups in total. The maximum atomic E-state index is 12.0. The van der Waals surface area contributed by atoms with Gasteiger partial charge in [0.1, 0.15) is 0 Å². The number of nitrogen functional groups attached to an aromatic ring is 1. The summed E-state index contributed by atoms with van der Waals surface area (Å²) in [6.45, 7) is 1.89. The van der Waals surface area contributed by atoms with Crippen molar-refractivity contribution in [3.63, 3.8) is 0 Å². The van der Waals surface area contributed by atoms with Crippen LogP contribution < -0.4 is 11.1 Å². The van der Waals surface area contributed by atoms with Crippen LogP contribution in [0.3, 0.4) is 0 Å². The second-order valence-corrected chi connectivity index (χ2v) is 4.73. The first-order valence-electron chi connectivity index (χ1n) is 5.35. The van der Waals surface area contributed by atoms with Gasteiger partial charge in [0.05, 0.1) is 11.9 Å². The fourth-order valence-corrected chi connectivity index (χ4v) is 1.79. The third kappa shape index (κ3) is 2.87. The minimum atomic E-state index is -0.193. The molecule has 92 valence electrons. The number of benzene rings is 1. The van der Waals surface area contributed by atoms with Crippen molar-refractivity contribution in [3.8, 4) is 0 Å². The molecule has 0 atom stereocenters. The first-order valence-corrected chi connectivity index (χ1v) is 6.14. The van der Waals surface area contributed by atoms with Crippen molar-refractivity contribution in [1.29, 1.82) is 0 Å². The van der Waals surface area contributed by atoms with Crippen molar-refractivity contribution in [2.75, 3.05) is 11.1 Å². The Balaban J connectivity index is 2.16. The summed E-state index contributed by atoms with van der Waals surface area (Å²) in [5, 5.41) is 2.77. The lowest BCUT2D eigenvalue weighted by Gasteiger charge is -2.06. The molecule has 4 nitrogen and oxygen atoms in total. The molecule has 0 fully saturated rings. The molecule has 2 aromatic rings. The number of nitrogens with two attached hydrogens (primary N) is 1. The van der Waals surface area contributed by atoms with E-state index in [4.69, 9.17) is 5.73 Å². The largest absolute Gasteiger partial charge is 0.398 e. The van der Waals surface area contributed by atoms with Crippen LogP contribution in [0.2, 0.25) is 0 Å². The minimum Gasteiger partial charge on any atom is -0.398 e. The molecule has 0 aliphatic heterocycles. The van der Waals surface area contributed by atoms with E-state index in [2.05, 4.69) is 26.2 Å². The molecule has 1 heterocycles. The van der Waals surface area contributed by atoms with Gasteiger partial charge in [-0.1, -0.05) is 0 Å². The smallest absolute Gasteiger partial charge is 0.255 e. The van der Waals surface area contributed by atoms with Gasteiger partial charge in [0.15, 0.2) is 0 Å². The highest BCUT2D eigenvalue weighted by molar-refractivity contribution is 9.10. The number of aromatic nitrogens is 1. The van der Waals surface area contributed by atoms with Crippen molar-refractivity contribution in [2.24, 2.45) is 0 Å². The molecule has 0 aliphatic carbocycles. The number of halogens is 1. The maximum absolute atomic E-state index is 12.0. The van der Waals surface area contributed by atoms with E-state index in [0.29, 0.717) is 21.4 Å². The van der Waals surface area contributed by atoms with Crippen LogP contribution in [0, 0.1) is 6.92 Å². The summed E-state index contributed by atoms with van der Waals surface area (Å²) in [6, 6.07) is 8.71. The Kier molecular flexibility index (Phi) is 3.62. The first-order chi connectivity index (χ1) is 8.56. The van der Waals surface area contributed by atoms with Crippen LogP contribution >= 0.6 is 15.9 Å². The summed E-state index contributed by atoms with van der Waals surface area (Å²) in [7, 11) is 0. The molecule has 0 saturated carbocycles. The number of hydrogen-bond acceptors (Lipinski definition) is 3.